The number of hydrogen-bond donors (Lipinski definition) is 2. The van der Waals surface area contributed by atoms with E-state index in [4.69, 9.17) is 14.6 Å². The van der Waals surface area contributed by atoms with Crippen LogP contribution in [0.1, 0.15) is 0 Å². The number of aliphatic hydroxyl groups is 2. The molecule has 0 radical (unpaired) electrons. The molecule has 0 unspecified atom stereocenters. The van der Waals surface area contributed by atoms with Crippen LogP contribution in [-0.4, -0.2) is 47.8 Å². The van der Waals surface area contributed by atoms with Gasteiger partial charge in [-0.25, -0.2) is 0 Å². The summed E-state index contributed by atoms with van der Waals surface area (Å²) in [6, 6.07) is 0. The molecule has 0 aromatic carbocycles. The van der Waals surface area contributed by atoms with E-state index in [-0.39, 0.29) is 24.9 Å². The second-order valence-corrected chi connectivity index (χ2v) is 2.68. The molecule has 0 saturated carbocycles. The average Bonchev–Trinajstić information content (AvgIpc) is 2.83. The molecule has 2 heterocycles. The fourth-order valence-corrected chi connectivity index (χ4v) is 1.07. The summed E-state index contributed by atoms with van der Waals surface area (Å²) in [5, 5.41) is 17.8. The van der Waals surface area contributed by atoms with Gasteiger partial charge >= 0.3 is 0 Å². The molecule has 2 aliphatic rings. The fraction of sp³-hybridized carbons (Fsp3) is 1.00. The van der Waals surface area contributed by atoms with Crippen LogP contribution in [0, 0.1) is 0 Å². The molecule has 0 aromatic rings. The summed E-state index contributed by atoms with van der Waals surface area (Å²) in [6.45, 7) is 0.619. The first kappa shape index (κ1) is 6.54. The first-order valence-corrected chi connectivity index (χ1v) is 3.39. The second-order valence-electron chi connectivity index (χ2n) is 2.68. The highest BCUT2D eigenvalue weighted by atomic mass is 16.6. The molecule has 2 rings (SSSR count). The van der Waals surface area contributed by atoms with E-state index < -0.39 is 6.10 Å². The Hall–Kier alpha value is -0.160. The third-order valence-corrected chi connectivity index (χ3v) is 1.88. The summed E-state index contributed by atoms with van der Waals surface area (Å²) in [4.78, 5) is 0. The first-order chi connectivity index (χ1) is 4.83. The van der Waals surface area contributed by atoms with Crippen LogP contribution in [0.25, 0.3) is 0 Å². The van der Waals surface area contributed by atoms with Crippen molar-refractivity contribution < 1.29 is 19.7 Å². The van der Waals surface area contributed by atoms with Crippen molar-refractivity contribution in [3.8, 4) is 0 Å². The lowest BCUT2D eigenvalue weighted by Crippen LogP contribution is -2.24. The minimum atomic E-state index is -0.530. The van der Waals surface area contributed by atoms with Crippen LogP contribution < -0.4 is 0 Å². The molecule has 0 aromatic heterocycles. The van der Waals surface area contributed by atoms with Crippen LogP contribution in [0.15, 0.2) is 0 Å². The van der Waals surface area contributed by atoms with Gasteiger partial charge < -0.3 is 19.7 Å². The van der Waals surface area contributed by atoms with Crippen molar-refractivity contribution in [1.29, 1.82) is 0 Å². The maximum atomic E-state index is 9.27. The van der Waals surface area contributed by atoms with Gasteiger partial charge in [-0.2, -0.15) is 0 Å². The number of rotatable bonds is 3. The monoisotopic (exact) mass is 146 g/mol. The van der Waals surface area contributed by atoms with E-state index >= 15 is 0 Å². The van der Waals surface area contributed by atoms with Gasteiger partial charge in [-0.1, -0.05) is 0 Å². The van der Waals surface area contributed by atoms with Gasteiger partial charge in [0.15, 0.2) is 0 Å². The molecule has 4 nitrogen and oxygen atoms in total. The summed E-state index contributed by atoms with van der Waals surface area (Å²) in [6.07, 6.45) is -0.907. The maximum absolute atomic E-state index is 9.27. The highest BCUT2D eigenvalue weighted by Gasteiger charge is 2.50. The zero-order chi connectivity index (χ0) is 7.14. The Balaban J connectivity index is 1.78. The van der Waals surface area contributed by atoms with Crippen LogP contribution in [0.3, 0.4) is 0 Å². The molecule has 2 fully saturated rings. The van der Waals surface area contributed by atoms with Crippen molar-refractivity contribution in [2.45, 2.75) is 24.4 Å². The van der Waals surface area contributed by atoms with E-state index in [9.17, 15) is 5.11 Å². The molecule has 0 bridgehead atoms. The van der Waals surface area contributed by atoms with E-state index in [0.717, 1.165) is 0 Å². The van der Waals surface area contributed by atoms with Crippen LogP contribution >= 0.6 is 0 Å². The summed E-state index contributed by atoms with van der Waals surface area (Å²) < 4.78 is 9.80. The van der Waals surface area contributed by atoms with Crippen LogP contribution in [0.2, 0.25) is 0 Å². The van der Waals surface area contributed by atoms with Gasteiger partial charge in [0.05, 0.1) is 13.2 Å². The van der Waals surface area contributed by atoms with E-state index in [1.54, 1.807) is 0 Å². The second kappa shape index (κ2) is 2.17. The predicted octanol–water partition coefficient (Wildman–Crippen LogP) is -1.49. The predicted molar refractivity (Wildman–Crippen MR) is 31.5 cm³/mol. The first-order valence-electron chi connectivity index (χ1n) is 3.39. The largest absolute Gasteiger partial charge is 0.394 e. The smallest absolute Gasteiger partial charge is 0.115 e. The third kappa shape index (κ3) is 1.03. The molecule has 58 valence electrons. The Bertz CT molecular complexity index is 134. The molecule has 2 aliphatic heterocycles. The van der Waals surface area contributed by atoms with Gasteiger partial charge in [-0.3, -0.25) is 0 Å². The minimum absolute atomic E-state index is 0.00551. The Morgan fingerprint density at radius 1 is 1.60 bits per heavy atom. The molecule has 2 saturated heterocycles. The Morgan fingerprint density at radius 2 is 2.30 bits per heavy atom. The fourth-order valence-electron chi connectivity index (χ4n) is 1.07. The van der Waals surface area contributed by atoms with E-state index in [2.05, 4.69) is 0 Å². The normalized spacial score (nSPS) is 46.8. The van der Waals surface area contributed by atoms with Crippen molar-refractivity contribution >= 4 is 0 Å². The van der Waals surface area contributed by atoms with Crippen molar-refractivity contribution in [2.75, 3.05) is 13.2 Å². The molecule has 0 amide bonds. The van der Waals surface area contributed by atoms with Gasteiger partial charge in [-0.05, 0) is 0 Å². The summed E-state index contributed by atoms with van der Waals surface area (Å²) in [5.74, 6) is 0. The Labute approximate surface area is 58.4 Å². The summed E-state index contributed by atoms with van der Waals surface area (Å²) in [5.41, 5.74) is 0. The summed E-state index contributed by atoms with van der Waals surface area (Å²) >= 11 is 0. The highest BCUT2D eigenvalue weighted by Crippen LogP contribution is 2.30. The topological polar surface area (TPSA) is 65.5 Å². The zero-order valence-corrected chi connectivity index (χ0v) is 5.43. The molecule has 4 atom stereocenters. The van der Waals surface area contributed by atoms with Crippen LogP contribution in [0.4, 0.5) is 0 Å². The zero-order valence-electron chi connectivity index (χ0n) is 5.43. The van der Waals surface area contributed by atoms with Crippen molar-refractivity contribution in [2.24, 2.45) is 0 Å². The van der Waals surface area contributed by atoms with E-state index in [1.165, 1.54) is 0 Å². The number of hydrogen-bond acceptors (Lipinski definition) is 4. The number of epoxide rings is 2. The molecule has 0 spiro atoms. The van der Waals surface area contributed by atoms with Gasteiger partial charge in [0.1, 0.15) is 24.4 Å². The molecule has 10 heavy (non-hydrogen) atoms. The van der Waals surface area contributed by atoms with Gasteiger partial charge in [0.2, 0.25) is 0 Å². The quantitative estimate of drug-likeness (QED) is 0.476. The number of ether oxygens (including phenoxy) is 2. The molecule has 0 aliphatic carbocycles. The maximum Gasteiger partial charge on any atom is 0.115 e. The van der Waals surface area contributed by atoms with E-state index in [1.807, 2.05) is 0 Å². The van der Waals surface area contributed by atoms with Crippen molar-refractivity contribution in [3.63, 3.8) is 0 Å². The molecule has 4 heteroatoms. The lowest BCUT2D eigenvalue weighted by molar-refractivity contribution is 0.103. The van der Waals surface area contributed by atoms with Crippen LogP contribution in [-0.2, 0) is 9.47 Å². The minimum Gasteiger partial charge on any atom is -0.394 e. The third-order valence-electron chi connectivity index (χ3n) is 1.88. The molecular weight excluding hydrogens is 136 g/mol. The van der Waals surface area contributed by atoms with Crippen LogP contribution in [0.5, 0.6) is 0 Å². The van der Waals surface area contributed by atoms with Gasteiger partial charge in [0.25, 0.3) is 0 Å². The van der Waals surface area contributed by atoms with E-state index in [0.29, 0.717) is 6.61 Å². The van der Waals surface area contributed by atoms with Gasteiger partial charge in [0, 0.05) is 0 Å². The molecular formula is C6H10O4. The van der Waals surface area contributed by atoms with Crippen molar-refractivity contribution in [1.82, 2.24) is 0 Å². The molecule has 2 N–H and O–H groups in total. The Kier molecular flexibility index (Phi) is 1.42. The highest BCUT2D eigenvalue weighted by molar-refractivity contribution is 4.96. The van der Waals surface area contributed by atoms with Gasteiger partial charge in [-0.15, -0.1) is 0 Å². The lowest BCUT2D eigenvalue weighted by Gasteiger charge is -1.99. The number of aliphatic hydroxyl groups excluding tert-OH is 2. The SMILES string of the molecule is OC[C@H]1O[C@H]1[C@H](O)[C@H]1CO1. The average molecular weight is 146 g/mol. The summed E-state index contributed by atoms with van der Waals surface area (Å²) in [7, 11) is 0. The lowest BCUT2D eigenvalue weighted by atomic mass is 10.1. The standard InChI is InChI=1S/C6H10O4/c7-1-3-6(10-3)5(8)4-2-9-4/h3-8H,1-2H2/t3-,4-,5-,6-/m1/s1. The Morgan fingerprint density at radius 3 is 2.70 bits per heavy atom. The van der Waals surface area contributed by atoms with Crippen molar-refractivity contribution in [3.05, 3.63) is 0 Å².